The van der Waals surface area contributed by atoms with Crippen LogP contribution in [-0.2, 0) is 10.5 Å². The van der Waals surface area contributed by atoms with Gasteiger partial charge in [-0.3, -0.25) is 0 Å². The van der Waals surface area contributed by atoms with Crippen molar-refractivity contribution < 1.29 is 14.9 Å². The average Bonchev–Trinajstić information content (AvgIpc) is 2.97. The van der Waals surface area contributed by atoms with Crippen molar-refractivity contribution in [3.63, 3.8) is 0 Å². The number of hydrogen-bond acceptors (Lipinski definition) is 5. The molecule has 3 nitrogen and oxygen atoms in total. The summed E-state index contributed by atoms with van der Waals surface area (Å²) in [4.78, 5) is 0. The molecule has 1 saturated heterocycles. The number of aliphatic hydroxyl groups excluding tert-OH is 2. The van der Waals surface area contributed by atoms with Gasteiger partial charge in [0.2, 0.25) is 0 Å². The summed E-state index contributed by atoms with van der Waals surface area (Å²) in [6.45, 7) is 0.244. The number of benzene rings is 1. The number of thioether (sulfide) groups is 1. The standard InChI is InChI=1S/C14H16O3S2/c15-11-5-17-12(14(11)16)8-18-6-9-7-19-13-4-2-1-3-10(9)13/h1-4,7,11-12,14-16H,5-6,8H2. The lowest BCUT2D eigenvalue weighted by atomic mass is 10.2. The normalized spacial score (nSPS) is 27.2. The summed E-state index contributed by atoms with van der Waals surface area (Å²) < 4.78 is 6.68. The first-order valence-electron chi connectivity index (χ1n) is 6.26. The third kappa shape index (κ3) is 2.80. The zero-order valence-corrected chi connectivity index (χ0v) is 12.0. The minimum atomic E-state index is -0.744. The van der Waals surface area contributed by atoms with E-state index in [2.05, 4.69) is 29.6 Å². The van der Waals surface area contributed by atoms with Gasteiger partial charge in [-0.1, -0.05) is 18.2 Å². The summed E-state index contributed by atoms with van der Waals surface area (Å²) in [7, 11) is 0. The van der Waals surface area contributed by atoms with Gasteiger partial charge in [-0.05, 0) is 22.4 Å². The van der Waals surface area contributed by atoms with Crippen LogP contribution >= 0.6 is 23.1 Å². The van der Waals surface area contributed by atoms with Crippen LogP contribution in [0.4, 0.5) is 0 Å². The minimum Gasteiger partial charge on any atom is -0.388 e. The Hall–Kier alpha value is -0.590. The van der Waals surface area contributed by atoms with Gasteiger partial charge in [0.05, 0.1) is 12.7 Å². The smallest absolute Gasteiger partial charge is 0.109 e. The van der Waals surface area contributed by atoms with Crippen molar-refractivity contribution in [2.24, 2.45) is 0 Å². The second-order valence-corrected chi connectivity index (χ2v) is 6.64. The van der Waals surface area contributed by atoms with Gasteiger partial charge >= 0.3 is 0 Å². The highest BCUT2D eigenvalue weighted by atomic mass is 32.2. The van der Waals surface area contributed by atoms with Crippen LogP contribution in [0.3, 0.4) is 0 Å². The molecule has 0 radical (unpaired) electrons. The Labute approximate surface area is 120 Å². The van der Waals surface area contributed by atoms with E-state index in [1.54, 1.807) is 23.1 Å². The Morgan fingerprint density at radius 2 is 2.16 bits per heavy atom. The fourth-order valence-corrected chi connectivity index (χ4v) is 4.41. The zero-order chi connectivity index (χ0) is 13.2. The molecule has 0 bridgehead atoms. The maximum Gasteiger partial charge on any atom is 0.109 e. The molecule has 0 saturated carbocycles. The maximum absolute atomic E-state index is 9.70. The topological polar surface area (TPSA) is 49.7 Å². The highest BCUT2D eigenvalue weighted by molar-refractivity contribution is 7.98. The Balaban J connectivity index is 1.58. The predicted octanol–water partition coefficient (Wildman–Crippen LogP) is 2.26. The van der Waals surface area contributed by atoms with Crippen molar-refractivity contribution >= 4 is 33.2 Å². The molecular formula is C14H16O3S2. The van der Waals surface area contributed by atoms with Gasteiger partial charge in [0.1, 0.15) is 12.2 Å². The van der Waals surface area contributed by atoms with Crippen LogP contribution < -0.4 is 0 Å². The van der Waals surface area contributed by atoms with Gasteiger partial charge in [-0.25, -0.2) is 0 Å². The summed E-state index contributed by atoms with van der Waals surface area (Å²) in [5, 5.41) is 22.6. The van der Waals surface area contributed by atoms with Crippen LogP contribution in [0.2, 0.25) is 0 Å². The van der Waals surface area contributed by atoms with E-state index in [0.717, 1.165) is 5.75 Å². The van der Waals surface area contributed by atoms with Crippen LogP contribution in [0.1, 0.15) is 5.56 Å². The van der Waals surface area contributed by atoms with Crippen molar-refractivity contribution in [3.8, 4) is 0 Å². The summed E-state index contributed by atoms with van der Waals surface area (Å²) in [6.07, 6.45) is -1.72. The van der Waals surface area contributed by atoms with Crippen molar-refractivity contribution in [2.45, 2.75) is 24.1 Å². The van der Waals surface area contributed by atoms with Crippen LogP contribution in [-0.4, -0.2) is 40.9 Å². The first-order valence-corrected chi connectivity index (χ1v) is 8.30. The zero-order valence-electron chi connectivity index (χ0n) is 10.4. The Kier molecular flexibility index (Phi) is 4.10. The average molecular weight is 296 g/mol. The highest BCUT2D eigenvalue weighted by Crippen LogP contribution is 2.29. The van der Waals surface area contributed by atoms with E-state index in [1.165, 1.54) is 15.6 Å². The minimum absolute atomic E-state index is 0.244. The fourth-order valence-electron chi connectivity index (χ4n) is 2.24. The molecule has 3 rings (SSSR count). The summed E-state index contributed by atoms with van der Waals surface area (Å²) >= 11 is 3.50. The second-order valence-electron chi connectivity index (χ2n) is 4.70. The third-order valence-corrected chi connectivity index (χ3v) is 5.45. The molecule has 1 aromatic heterocycles. The highest BCUT2D eigenvalue weighted by Gasteiger charge is 2.34. The van der Waals surface area contributed by atoms with E-state index in [4.69, 9.17) is 4.74 Å². The number of hydrogen-bond donors (Lipinski definition) is 2. The quantitative estimate of drug-likeness (QED) is 0.908. The first-order chi connectivity index (χ1) is 9.25. The fraction of sp³-hybridized carbons (Fsp3) is 0.429. The summed E-state index contributed by atoms with van der Waals surface area (Å²) in [5.74, 6) is 1.62. The molecule has 0 aliphatic carbocycles. The van der Waals surface area contributed by atoms with Crippen molar-refractivity contribution in [3.05, 3.63) is 35.2 Å². The molecule has 0 spiro atoms. The predicted molar refractivity (Wildman–Crippen MR) is 79.7 cm³/mol. The van der Waals surface area contributed by atoms with Crippen LogP contribution in [0, 0.1) is 0 Å². The summed E-state index contributed by atoms with van der Waals surface area (Å²) in [6, 6.07) is 8.39. The lowest BCUT2D eigenvalue weighted by molar-refractivity contribution is 0.0337. The van der Waals surface area contributed by atoms with Crippen LogP contribution in [0.5, 0.6) is 0 Å². The molecule has 102 valence electrons. The Morgan fingerprint density at radius 3 is 2.95 bits per heavy atom. The van der Waals surface area contributed by atoms with Gasteiger partial charge in [0.25, 0.3) is 0 Å². The van der Waals surface area contributed by atoms with Crippen LogP contribution in [0.25, 0.3) is 10.1 Å². The Morgan fingerprint density at radius 1 is 1.32 bits per heavy atom. The lowest BCUT2D eigenvalue weighted by Gasteiger charge is -2.13. The molecule has 19 heavy (non-hydrogen) atoms. The third-order valence-electron chi connectivity index (χ3n) is 3.36. The van der Waals surface area contributed by atoms with Crippen molar-refractivity contribution in [1.29, 1.82) is 0 Å². The van der Waals surface area contributed by atoms with Gasteiger partial charge in [-0.2, -0.15) is 11.8 Å². The van der Waals surface area contributed by atoms with E-state index >= 15 is 0 Å². The largest absolute Gasteiger partial charge is 0.388 e. The SMILES string of the molecule is OC1COC(CSCc2csc3ccccc23)C1O. The molecule has 1 aliphatic heterocycles. The summed E-state index contributed by atoms with van der Waals surface area (Å²) in [5.41, 5.74) is 1.33. The Bertz CT molecular complexity index is 554. The monoisotopic (exact) mass is 296 g/mol. The molecular weight excluding hydrogens is 280 g/mol. The van der Waals surface area contributed by atoms with E-state index in [0.29, 0.717) is 5.75 Å². The molecule has 2 aromatic rings. The molecule has 0 amide bonds. The molecule has 1 aliphatic rings. The van der Waals surface area contributed by atoms with Gasteiger partial charge < -0.3 is 14.9 Å². The molecule has 2 N–H and O–H groups in total. The molecule has 3 atom stereocenters. The van der Waals surface area contributed by atoms with E-state index in [-0.39, 0.29) is 12.7 Å². The first kappa shape index (κ1) is 13.4. The van der Waals surface area contributed by atoms with Gasteiger partial charge in [0.15, 0.2) is 0 Å². The molecule has 3 unspecified atom stereocenters. The number of thiophene rings is 1. The van der Waals surface area contributed by atoms with E-state index < -0.39 is 12.2 Å². The van der Waals surface area contributed by atoms with E-state index in [1.807, 2.05) is 0 Å². The lowest BCUT2D eigenvalue weighted by Crippen LogP contribution is -2.31. The van der Waals surface area contributed by atoms with Gasteiger partial charge in [0, 0.05) is 16.2 Å². The van der Waals surface area contributed by atoms with Crippen molar-refractivity contribution in [1.82, 2.24) is 0 Å². The number of fused-ring (bicyclic) bond motifs is 1. The van der Waals surface area contributed by atoms with E-state index in [9.17, 15) is 10.2 Å². The van der Waals surface area contributed by atoms with Crippen molar-refractivity contribution in [2.75, 3.05) is 12.4 Å². The number of aliphatic hydroxyl groups is 2. The molecule has 5 heteroatoms. The number of ether oxygens (including phenoxy) is 1. The van der Waals surface area contributed by atoms with Gasteiger partial charge in [-0.15, -0.1) is 11.3 Å². The second kappa shape index (κ2) is 5.81. The molecule has 1 aromatic carbocycles. The molecule has 2 heterocycles. The van der Waals surface area contributed by atoms with Crippen LogP contribution in [0.15, 0.2) is 29.6 Å². The number of rotatable bonds is 4. The maximum atomic E-state index is 9.70. The molecule has 1 fully saturated rings.